The number of ether oxygens (including phenoxy) is 1. The van der Waals surface area contributed by atoms with E-state index in [-0.39, 0.29) is 17.5 Å². The first-order valence-corrected chi connectivity index (χ1v) is 7.30. The molecule has 0 aliphatic heterocycles. The summed E-state index contributed by atoms with van der Waals surface area (Å²) < 4.78 is 5.69. The van der Waals surface area contributed by atoms with Crippen LogP contribution in [0.15, 0.2) is 37.0 Å². The SMILES string of the molecule is C=CCC(=O)OC1CCCCC1C1(C)C=CC=CC1. The average molecular weight is 260 g/mol. The molecule has 0 bridgehead atoms. The van der Waals surface area contributed by atoms with Gasteiger partial charge in [0.05, 0.1) is 6.42 Å². The lowest BCUT2D eigenvalue weighted by Gasteiger charge is -2.42. The van der Waals surface area contributed by atoms with E-state index in [2.05, 4.69) is 37.8 Å². The van der Waals surface area contributed by atoms with Crippen molar-refractivity contribution in [1.29, 1.82) is 0 Å². The van der Waals surface area contributed by atoms with Crippen molar-refractivity contribution < 1.29 is 9.53 Å². The summed E-state index contributed by atoms with van der Waals surface area (Å²) in [5.74, 6) is 0.307. The van der Waals surface area contributed by atoms with Gasteiger partial charge < -0.3 is 4.74 Å². The number of allylic oxidation sites excluding steroid dienone is 4. The lowest BCUT2D eigenvalue weighted by atomic mass is 9.65. The molecule has 2 aliphatic rings. The maximum atomic E-state index is 11.7. The van der Waals surface area contributed by atoms with Crippen LogP contribution in [0.4, 0.5) is 0 Å². The van der Waals surface area contributed by atoms with E-state index in [0.717, 1.165) is 25.7 Å². The number of rotatable bonds is 4. The minimum Gasteiger partial charge on any atom is -0.462 e. The van der Waals surface area contributed by atoms with Crippen LogP contribution in [0.25, 0.3) is 0 Å². The molecule has 2 aliphatic carbocycles. The van der Waals surface area contributed by atoms with Crippen LogP contribution in [0.3, 0.4) is 0 Å². The molecule has 0 saturated heterocycles. The van der Waals surface area contributed by atoms with E-state index in [9.17, 15) is 4.79 Å². The summed E-state index contributed by atoms with van der Waals surface area (Å²) in [6.45, 7) is 5.88. The van der Waals surface area contributed by atoms with Gasteiger partial charge in [-0.3, -0.25) is 4.79 Å². The van der Waals surface area contributed by atoms with Crippen LogP contribution >= 0.6 is 0 Å². The predicted octanol–water partition coefficient (Wildman–Crippen LogP) is 4.19. The van der Waals surface area contributed by atoms with E-state index in [1.807, 2.05) is 0 Å². The second kappa shape index (κ2) is 6.23. The van der Waals surface area contributed by atoms with E-state index in [0.29, 0.717) is 12.3 Å². The van der Waals surface area contributed by atoms with Crippen LogP contribution in [0.5, 0.6) is 0 Å². The molecule has 1 saturated carbocycles. The van der Waals surface area contributed by atoms with Gasteiger partial charge in [-0.1, -0.05) is 43.7 Å². The Morgan fingerprint density at radius 2 is 2.21 bits per heavy atom. The molecule has 0 aromatic carbocycles. The molecular formula is C17H24O2. The Labute approximate surface area is 116 Å². The van der Waals surface area contributed by atoms with Gasteiger partial charge in [0.15, 0.2) is 0 Å². The van der Waals surface area contributed by atoms with Gasteiger partial charge in [0.1, 0.15) is 6.10 Å². The van der Waals surface area contributed by atoms with Gasteiger partial charge in [0, 0.05) is 5.92 Å². The summed E-state index contributed by atoms with van der Waals surface area (Å²) in [4.78, 5) is 11.7. The van der Waals surface area contributed by atoms with Gasteiger partial charge in [0.2, 0.25) is 0 Å². The third-order valence-electron chi connectivity index (χ3n) is 4.43. The number of carbonyl (C=O) groups is 1. The maximum absolute atomic E-state index is 11.7. The molecule has 104 valence electrons. The van der Waals surface area contributed by atoms with E-state index < -0.39 is 0 Å². The summed E-state index contributed by atoms with van der Waals surface area (Å²) >= 11 is 0. The van der Waals surface area contributed by atoms with Gasteiger partial charge in [0.25, 0.3) is 0 Å². The maximum Gasteiger partial charge on any atom is 0.309 e. The lowest BCUT2D eigenvalue weighted by Crippen LogP contribution is -2.40. The first kappa shape index (κ1) is 14.1. The molecule has 2 nitrogen and oxygen atoms in total. The van der Waals surface area contributed by atoms with Crippen molar-refractivity contribution in [2.45, 2.75) is 51.6 Å². The van der Waals surface area contributed by atoms with E-state index in [1.165, 1.54) is 6.42 Å². The van der Waals surface area contributed by atoms with Crippen LogP contribution < -0.4 is 0 Å². The number of hydrogen-bond donors (Lipinski definition) is 0. The zero-order valence-electron chi connectivity index (χ0n) is 11.8. The van der Waals surface area contributed by atoms with Crippen LogP contribution in [0.2, 0.25) is 0 Å². The molecule has 0 radical (unpaired) electrons. The molecule has 0 N–H and O–H groups in total. The van der Waals surface area contributed by atoms with Gasteiger partial charge in [-0.15, -0.1) is 6.58 Å². The van der Waals surface area contributed by atoms with Crippen molar-refractivity contribution in [3.05, 3.63) is 37.0 Å². The Balaban J connectivity index is 2.07. The highest BCUT2D eigenvalue weighted by Gasteiger charge is 2.40. The Bertz CT molecular complexity index is 394. The molecule has 19 heavy (non-hydrogen) atoms. The quantitative estimate of drug-likeness (QED) is 0.559. The van der Waals surface area contributed by atoms with Crippen LogP contribution in [0.1, 0.15) is 45.4 Å². The molecule has 3 unspecified atom stereocenters. The number of hydrogen-bond acceptors (Lipinski definition) is 2. The largest absolute Gasteiger partial charge is 0.462 e. The molecule has 0 aromatic heterocycles. The van der Waals surface area contributed by atoms with Crippen LogP contribution in [0, 0.1) is 11.3 Å². The average Bonchev–Trinajstić information content (AvgIpc) is 2.40. The second-order valence-corrected chi connectivity index (χ2v) is 5.91. The highest BCUT2D eigenvalue weighted by molar-refractivity contribution is 5.71. The van der Waals surface area contributed by atoms with Gasteiger partial charge in [-0.05, 0) is 31.1 Å². The Morgan fingerprint density at radius 1 is 1.42 bits per heavy atom. The van der Waals surface area contributed by atoms with Crippen molar-refractivity contribution in [1.82, 2.24) is 0 Å². The highest BCUT2D eigenvalue weighted by atomic mass is 16.5. The van der Waals surface area contributed by atoms with Crippen molar-refractivity contribution in [3.8, 4) is 0 Å². The summed E-state index contributed by atoms with van der Waals surface area (Å²) in [5, 5.41) is 0. The summed E-state index contributed by atoms with van der Waals surface area (Å²) in [6, 6.07) is 0. The van der Waals surface area contributed by atoms with Crippen molar-refractivity contribution >= 4 is 5.97 Å². The van der Waals surface area contributed by atoms with Crippen LogP contribution in [-0.4, -0.2) is 12.1 Å². The monoisotopic (exact) mass is 260 g/mol. The Kier molecular flexibility index (Phi) is 4.62. The molecule has 2 rings (SSSR count). The molecule has 0 spiro atoms. The van der Waals surface area contributed by atoms with Crippen LogP contribution in [-0.2, 0) is 9.53 Å². The third kappa shape index (κ3) is 3.37. The smallest absolute Gasteiger partial charge is 0.309 e. The first-order chi connectivity index (χ1) is 9.15. The summed E-state index contributed by atoms with van der Waals surface area (Å²) in [5.41, 5.74) is 0.133. The molecule has 0 aromatic rings. The minimum atomic E-state index is -0.133. The van der Waals surface area contributed by atoms with Gasteiger partial charge in [-0.2, -0.15) is 0 Å². The second-order valence-electron chi connectivity index (χ2n) is 5.91. The Morgan fingerprint density at radius 3 is 2.89 bits per heavy atom. The van der Waals surface area contributed by atoms with Gasteiger partial charge in [-0.25, -0.2) is 0 Å². The van der Waals surface area contributed by atoms with E-state index in [4.69, 9.17) is 4.74 Å². The lowest BCUT2D eigenvalue weighted by molar-refractivity contribution is -0.155. The van der Waals surface area contributed by atoms with Crippen molar-refractivity contribution in [2.24, 2.45) is 11.3 Å². The third-order valence-corrected chi connectivity index (χ3v) is 4.43. The molecule has 2 heteroatoms. The topological polar surface area (TPSA) is 26.3 Å². The van der Waals surface area contributed by atoms with E-state index in [1.54, 1.807) is 6.08 Å². The van der Waals surface area contributed by atoms with Crippen molar-refractivity contribution in [3.63, 3.8) is 0 Å². The fourth-order valence-electron chi connectivity index (χ4n) is 3.35. The summed E-state index contributed by atoms with van der Waals surface area (Å²) in [7, 11) is 0. The predicted molar refractivity (Wildman–Crippen MR) is 77.7 cm³/mol. The molecular weight excluding hydrogens is 236 g/mol. The zero-order valence-corrected chi connectivity index (χ0v) is 11.8. The zero-order chi connectivity index (χ0) is 13.7. The number of carbonyl (C=O) groups excluding carboxylic acids is 1. The fraction of sp³-hybridized carbons (Fsp3) is 0.588. The molecule has 1 fully saturated rings. The van der Waals surface area contributed by atoms with E-state index >= 15 is 0 Å². The van der Waals surface area contributed by atoms with Crippen molar-refractivity contribution in [2.75, 3.05) is 0 Å². The van der Waals surface area contributed by atoms with Gasteiger partial charge >= 0.3 is 5.97 Å². The summed E-state index contributed by atoms with van der Waals surface area (Å²) in [6.07, 6.45) is 16.3. The fourth-order valence-corrected chi connectivity index (χ4v) is 3.35. The minimum absolute atomic E-state index is 0.0716. The Hall–Kier alpha value is -1.31. The molecule has 3 atom stereocenters. The molecule has 0 amide bonds. The highest BCUT2D eigenvalue weighted by Crippen LogP contribution is 2.44. The number of esters is 1. The standard InChI is InChI=1S/C17H24O2/c1-3-9-16(18)19-15-11-6-5-10-14(15)17(2)12-7-4-8-13-17/h3-4,7-8,12,14-15H,1,5-6,9-11,13H2,2H3. The first-order valence-electron chi connectivity index (χ1n) is 7.30. The normalized spacial score (nSPS) is 33.9. The molecule has 0 heterocycles.